The molecule has 1 N–H and O–H groups in total. The van der Waals surface area contributed by atoms with Gasteiger partial charge in [0.2, 0.25) is 16.8 Å². The maximum Gasteiger partial charge on any atom is 0.362 e. The summed E-state index contributed by atoms with van der Waals surface area (Å²) in [6, 6.07) is 1.40. The van der Waals surface area contributed by atoms with Crippen LogP contribution in [0.1, 0.15) is 40.6 Å². The van der Waals surface area contributed by atoms with E-state index in [1.807, 2.05) is 0 Å². The molecular weight excluding hydrogens is 300 g/mol. The van der Waals surface area contributed by atoms with Crippen LogP contribution in [0, 0.1) is 0 Å². The average molecular weight is 313 g/mol. The second-order valence-corrected chi connectivity index (χ2v) is 4.26. The van der Waals surface area contributed by atoms with Crippen molar-refractivity contribution in [1.82, 2.24) is 4.98 Å². The number of anilines is 1. The van der Waals surface area contributed by atoms with E-state index in [1.165, 1.54) is 12.3 Å². The fourth-order valence-corrected chi connectivity index (χ4v) is 1.76. The first-order valence-corrected chi connectivity index (χ1v) is 6.65. The third-order valence-electron chi connectivity index (χ3n) is 2.53. The van der Waals surface area contributed by atoms with Gasteiger partial charge in [-0.2, -0.15) is 0 Å². The molecule has 2 aromatic rings. The maximum absolute atomic E-state index is 12.0. The summed E-state index contributed by atoms with van der Waals surface area (Å²) in [5.74, 6) is -1.01. The number of aryl methyl sites for hydroxylation is 1. The molecule has 0 saturated heterocycles. The second kappa shape index (κ2) is 6.45. The molecule has 2 aromatic heterocycles. The number of ether oxygens (including phenoxy) is 1. The third-order valence-corrected chi connectivity index (χ3v) is 2.83. The van der Waals surface area contributed by atoms with Crippen LogP contribution < -0.4 is 5.32 Å². The highest BCUT2D eigenvalue weighted by atomic mass is 35.5. The van der Waals surface area contributed by atoms with E-state index >= 15 is 0 Å². The van der Waals surface area contributed by atoms with Crippen LogP contribution in [-0.4, -0.2) is 23.5 Å². The molecule has 0 aromatic carbocycles. The maximum atomic E-state index is 12.0. The Morgan fingerprint density at radius 3 is 2.76 bits per heavy atom. The summed E-state index contributed by atoms with van der Waals surface area (Å²) in [4.78, 5) is 27.8. The lowest BCUT2D eigenvalue weighted by atomic mass is 10.3. The number of furan rings is 1. The van der Waals surface area contributed by atoms with Crippen molar-refractivity contribution in [2.24, 2.45) is 0 Å². The number of halogens is 1. The summed E-state index contributed by atoms with van der Waals surface area (Å²) in [6.07, 6.45) is 1.75. The third kappa shape index (κ3) is 3.25. The summed E-state index contributed by atoms with van der Waals surface area (Å²) in [5.41, 5.74) is 0.0441. The minimum atomic E-state index is -0.672. The first-order valence-electron chi connectivity index (χ1n) is 6.28. The van der Waals surface area contributed by atoms with Gasteiger partial charge in [0, 0.05) is 6.42 Å². The Balaban J connectivity index is 2.26. The first-order chi connectivity index (χ1) is 10.1. The molecule has 2 rings (SSSR count). The van der Waals surface area contributed by atoms with Crippen molar-refractivity contribution in [3.63, 3.8) is 0 Å². The van der Waals surface area contributed by atoms with E-state index in [2.05, 4.69) is 10.3 Å². The Labute approximate surface area is 125 Å². The zero-order valence-electron chi connectivity index (χ0n) is 11.4. The van der Waals surface area contributed by atoms with E-state index in [0.29, 0.717) is 12.3 Å². The summed E-state index contributed by atoms with van der Waals surface area (Å²) in [7, 11) is 0. The van der Waals surface area contributed by atoms with Crippen molar-refractivity contribution in [3.8, 4) is 0 Å². The van der Waals surface area contributed by atoms with E-state index in [1.54, 1.807) is 13.8 Å². The number of esters is 1. The number of amides is 1. The van der Waals surface area contributed by atoms with Crippen molar-refractivity contribution in [1.29, 1.82) is 0 Å². The number of nitrogens with one attached hydrogen (secondary N) is 1. The lowest BCUT2D eigenvalue weighted by molar-refractivity contribution is 0.0521. The molecular formula is C13H13ClN2O5. The van der Waals surface area contributed by atoms with Gasteiger partial charge in [-0.05, 0) is 24.6 Å². The zero-order chi connectivity index (χ0) is 15.4. The molecule has 7 nitrogen and oxygen atoms in total. The SMILES string of the molecule is CCOC(=O)c1nc(CC)oc1NC(=O)c1ccoc1Cl. The molecule has 0 atom stereocenters. The Kier molecular flexibility index (Phi) is 4.64. The van der Waals surface area contributed by atoms with Gasteiger partial charge in [0.05, 0.1) is 18.4 Å². The molecule has 0 aliphatic heterocycles. The lowest BCUT2D eigenvalue weighted by Crippen LogP contribution is -2.15. The van der Waals surface area contributed by atoms with Crippen LogP contribution in [0.25, 0.3) is 0 Å². The number of carbonyl (C=O) groups is 2. The summed E-state index contributed by atoms with van der Waals surface area (Å²) < 4.78 is 15.0. The molecule has 1 amide bonds. The van der Waals surface area contributed by atoms with Gasteiger partial charge in [0.25, 0.3) is 5.91 Å². The molecule has 0 radical (unpaired) electrons. The Bertz CT molecular complexity index is 661. The van der Waals surface area contributed by atoms with Crippen LogP contribution in [0.5, 0.6) is 0 Å². The van der Waals surface area contributed by atoms with Crippen molar-refractivity contribution < 1.29 is 23.2 Å². The van der Waals surface area contributed by atoms with Crippen LogP contribution in [0.3, 0.4) is 0 Å². The highest BCUT2D eigenvalue weighted by Gasteiger charge is 2.24. The Hall–Kier alpha value is -2.28. The molecule has 8 heteroatoms. The van der Waals surface area contributed by atoms with Crippen molar-refractivity contribution in [2.45, 2.75) is 20.3 Å². The molecule has 0 aliphatic carbocycles. The summed E-state index contributed by atoms with van der Waals surface area (Å²) in [5, 5.41) is 2.38. The van der Waals surface area contributed by atoms with E-state index in [-0.39, 0.29) is 29.0 Å². The number of rotatable bonds is 5. The molecule has 0 bridgehead atoms. The Morgan fingerprint density at radius 2 is 2.19 bits per heavy atom. The van der Waals surface area contributed by atoms with Gasteiger partial charge < -0.3 is 13.6 Å². The first kappa shape index (κ1) is 15.1. The van der Waals surface area contributed by atoms with Gasteiger partial charge in [0.1, 0.15) is 0 Å². The van der Waals surface area contributed by atoms with Gasteiger partial charge in [-0.25, -0.2) is 9.78 Å². The van der Waals surface area contributed by atoms with Crippen LogP contribution in [0.15, 0.2) is 21.2 Å². The van der Waals surface area contributed by atoms with E-state index in [4.69, 9.17) is 25.2 Å². The fourth-order valence-electron chi connectivity index (χ4n) is 1.56. The molecule has 2 heterocycles. The van der Waals surface area contributed by atoms with Crippen LogP contribution in [0.2, 0.25) is 5.22 Å². The number of oxazole rings is 1. The molecule has 0 spiro atoms. The van der Waals surface area contributed by atoms with Gasteiger partial charge in [-0.1, -0.05) is 6.92 Å². The topological polar surface area (TPSA) is 94.6 Å². The quantitative estimate of drug-likeness (QED) is 0.853. The predicted octanol–water partition coefficient (Wildman–Crippen LogP) is 2.91. The minimum Gasteiger partial charge on any atom is -0.461 e. The van der Waals surface area contributed by atoms with E-state index in [0.717, 1.165) is 0 Å². The van der Waals surface area contributed by atoms with Crippen molar-refractivity contribution in [2.75, 3.05) is 11.9 Å². The Morgan fingerprint density at radius 1 is 1.43 bits per heavy atom. The van der Waals surface area contributed by atoms with Crippen LogP contribution >= 0.6 is 11.6 Å². The van der Waals surface area contributed by atoms with Crippen LogP contribution in [0.4, 0.5) is 5.88 Å². The molecule has 0 aliphatic rings. The second-order valence-electron chi connectivity index (χ2n) is 3.92. The van der Waals surface area contributed by atoms with Gasteiger partial charge in [-0.3, -0.25) is 10.1 Å². The lowest BCUT2D eigenvalue weighted by Gasteiger charge is -2.02. The van der Waals surface area contributed by atoms with Gasteiger partial charge in [0.15, 0.2) is 5.89 Å². The molecule has 0 fully saturated rings. The fraction of sp³-hybridized carbons (Fsp3) is 0.308. The number of aromatic nitrogens is 1. The van der Waals surface area contributed by atoms with Crippen molar-refractivity contribution >= 4 is 29.4 Å². The molecule has 21 heavy (non-hydrogen) atoms. The highest BCUT2D eigenvalue weighted by Crippen LogP contribution is 2.22. The smallest absolute Gasteiger partial charge is 0.362 e. The molecule has 112 valence electrons. The average Bonchev–Trinajstić information content (AvgIpc) is 3.05. The zero-order valence-corrected chi connectivity index (χ0v) is 12.2. The van der Waals surface area contributed by atoms with Crippen LogP contribution in [-0.2, 0) is 11.2 Å². The molecule has 0 unspecified atom stereocenters. The van der Waals surface area contributed by atoms with Crippen molar-refractivity contribution in [3.05, 3.63) is 34.7 Å². The number of nitrogens with zero attached hydrogens (tertiary/aromatic N) is 1. The largest absolute Gasteiger partial charge is 0.461 e. The summed E-state index contributed by atoms with van der Waals surface area (Å²) in [6.45, 7) is 3.66. The summed E-state index contributed by atoms with van der Waals surface area (Å²) >= 11 is 5.72. The van der Waals surface area contributed by atoms with Gasteiger partial charge >= 0.3 is 5.97 Å². The normalized spacial score (nSPS) is 10.4. The standard InChI is InChI=1S/C13H13ClN2O5/c1-3-8-15-9(13(18)19-4-2)12(21-8)16-11(17)7-5-6-20-10(7)14/h5-6H,3-4H2,1-2H3,(H,16,17). The van der Waals surface area contributed by atoms with Gasteiger partial charge in [-0.15, -0.1) is 0 Å². The molecule has 0 saturated carbocycles. The van der Waals surface area contributed by atoms with E-state index in [9.17, 15) is 9.59 Å². The number of hydrogen-bond donors (Lipinski definition) is 1. The minimum absolute atomic E-state index is 0.0552. The number of hydrogen-bond acceptors (Lipinski definition) is 6. The highest BCUT2D eigenvalue weighted by molar-refractivity contribution is 6.32. The predicted molar refractivity (Wildman–Crippen MR) is 73.5 cm³/mol. The number of carbonyl (C=O) groups excluding carboxylic acids is 2. The van der Waals surface area contributed by atoms with E-state index < -0.39 is 11.9 Å². The monoisotopic (exact) mass is 312 g/mol.